The number of ether oxygens (including phenoxy) is 1. The van der Waals surface area contributed by atoms with Crippen LogP contribution in [0.5, 0.6) is 5.75 Å². The number of carbonyl (C=O) groups excluding carboxylic acids is 1. The highest BCUT2D eigenvalue weighted by atomic mass is 16.5. The van der Waals surface area contributed by atoms with Crippen molar-refractivity contribution in [3.05, 3.63) is 54.1 Å². The van der Waals surface area contributed by atoms with Gasteiger partial charge in [-0.2, -0.15) is 0 Å². The molecule has 0 atom stereocenters. The number of aliphatic hydroxyl groups is 1. The average molecular weight is 336 g/mol. The lowest BCUT2D eigenvalue weighted by Gasteiger charge is -2.12. The van der Waals surface area contributed by atoms with E-state index in [9.17, 15) is 4.79 Å². The van der Waals surface area contributed by atoms with Crippen LogP contribution in [0.15, 0.2) is 48.5 Å². The van der Waals surface area contributed by atoms with Crippen molar-refractivity contribution in [1.82, 2.24) is 4.98 Å². The van der Waals surface area contributed by atoms with Gasteiger partial charge in [0.25, 0.3) is 0 Å². The Morgan fingerprint density at radius 2 is 2.00 bits per heavy atom. The monoisotopic (exact) mass is 336 g/mol. The van der Waals surface area contributed by atoms with Crippen LogP contribution < -0.4 is 10.1 Å². The summed E-state index contributed by atoms with van der Waals surface area (Å²) < 4.78 is 5.62. The smallest absolute Gasteiger partial charge is 0.221 e. The SMILES string of the molecule is CC(=O)Nc1ccc2c(C)cc(-c3ccccc3OCCO)nc2c1. The molecule has 0 bridgehead atoms. The van der Waals surface area contributed by atoms with Crippen LogP contribution >= 0.6 is 0 Å². The van der Waals surface area contributed by atoms with Crippen molar-refractivity contribution in [2.45, 2.75) is 13.8 Å². The molecule has 25 heavy (non-hydrogen) atoms. The lowest BCUT2D eigenvalue weighted by molar-refractivity contribution is -0.114. The molecule has 2 N–H and O–H groups in total. The zero-order valence-electron chi connectivity index (χ0n) is 14.2. The fourth-order valence-corrected chi connectivity index (χ4v) is 2.78. The molecule has 0 saturated carbocycles. The minimum absolute atomic E-state index is 0.0431. The molecule has 0 saturated heterocycles. The normalized spacial score (nSPS) is 10.7. The van der Waals surface area contributed by atoms with E-state index in [1.165, 1.54) is 6.92 Å². The maximum absolute atomic E-state index is 11.3. The molecule has 0 unspecified atom stereocenters. The number of hydrogen-bond donors (Lipinski definition) is 2. The summed E-state index contributed by atoms with van der Waals surface area (Å²) in [6.07, 6.45) is 0. The summed E-state index contributed by atoms with van der Waals surface area (Å²) in [6, 6.07) is 15.3. The molecule has 0 spiro atoms. The van der Waals surface area contributed by atoms with E-state index in [1.807, 2.05) is 55.5 Å². The molecule has 0 aliphatic carbocycles. The Morgan fingerprint density at radius 1 is 1.20 bits per heavy atom. The van der Waals surface area contributed by atoms with Gasteiger partial charge < -0.3 is 15.2 Å². The maximum Gasteiger partial charge on any atom is 0.221 e. The van der Waals surface area contributed by atoms with Crippen LogP contribution in [0, 0.1) is 6.92 Å². The number of amides is 1. The van der Waals surface area contributed by atoms with Gasteiger partial charge in [0.15, 0.2) is 0 Å². The van der Waals surface area contributed by atoms with Gasteiger partial charge in [-0.05, 0) is 42.8 Å². The van der Waals surface area contributed by atoms with Crippen molar-refractivity contribution in [2.24, 2.45) is 0 Å². The molecule has 3 aromatic rings. The number of hydrogen-bond acceptors (Lipinski definition) is 4. The van der Waals surface area contributed by atoms with Crippen LogP contribution in [0.25, 0.3) is 22.2 Å². The van der Waals surface area contributed by atoms with E-state index in [4.69, 9.17) is 14.8 Å². The molecule has 1 heterocycles. The van der Waals surface area contributed by atoms with E-state index in [0.717, 1.165) is 27.7 Å². The molecule has 3 rings (SSSR count). The highest BCUT2D eigenvalue weighted by Crippen LogP contribution is 2.32. The lowest BCUT2D eigenvalue weighted by Crippen LogP contribution is -2.05. The fourth-order valence-electron chi connectivity index (χ4n) is 2.78. The molecule has 0 fully saturated rings. The van der Waals surface area contributed by atoms with Crippen LogP contribution in [-0.4, -0.2) is 29.2 Å². The lowest BCUT2D eigenvalue weighted by atomic mass is 10.0. The number of nitrogens with one attached hydrogen (secondary N) is 1. The minimum atomic E-state index is -0.116. The number of aliphatic hydroxyl groups excluding tert-OH is 1. The number of aromatic nitrogens is 1. The Kier molecular flexibility index (Phi) is 4.95. The number of nitrogens with zero attached hydrogens (tertiary/aromatic N) is 1. The number of benzene rings is 2. The van der Waals surface area contributed by atoms with E-state index in [0.29, 0.717) is 11.4 Å². The second-order valence-electron chi connectivity index (χ2n) is 5.81. The highest BCUT2D eigenvalue weighted by molar-refractivity contribution is 5.93. The fraction of sp³-hybridized carbons (Fsp3) is 0.200. The van der Waals surface area contributed by atoms with Crippen molar-refractivity contribution in [1.29, 1.82) is 0 Å². The third-order valence-corrected chi connectivity index (χ3v) is 3.85. The molecule has 0 radical (unpaired) electrons. The van der Waals surface area contributed by atoms with Gasteiger partial charge in [-0.3, -0.25) is 4.79 Å². The zero-order valence-corrected chi connectivity index (χ0v) is 14.2. The molecule has 5 nitrogen and oxygen atoms in total. The van der Waals surface area contributed by atoms with E-state index < -0.39 is 0 Å². The highest BCUT2D eigenvalue weighted by Gasteiger charge is 2.10. The minimum Gasteiger partial charge on any atom is -0.490 e. The number of anilines is 1. The van der Waals surface area contributed by atoms with Gasteiger partial charge in [0.05, 0.1) is 17.8 Å². The topological polar surface area (TPSA) is 71.5 Å². The largest absolute Gasteiger partial charge is 0.490 e. The molecule has 0 aliphatic rings. The Hall–Kier alpha value is -2.92. The van der Waals surface area contributed by atoms with Crippen molar-refractivity contribution >= 4 is 22.5 Å². The number of aryl methyl sites for hydroxylation is 1. The summed E-state index contributed by atoms with van der Waals surface area (Å²) in [5.74, 6) is 0.566. The van der Waals surface area contributed by atoms with Crippen molar-refractivity contribution in [3.63, 3.8) is 0 Å². The van der Waals surface area contributed by atoms with Crippen LogP contribution in [0.3, 0.4) is 0 Å². The standard InChI is InChI=1S/C20H20N2O3/c1-13-11-18(17-5-3-4-6-20(17)25-10-9-23)22-19-12-15(21-14(2)24)7-8-16(13)19/h3-8,11-12,23H,9-10H2,1-2H3,(H,21,24). The Bertz CT molecular complexity index is 922. The summed E-state index contributed by atoms with van der Waals surface area (Å²) in [5.41, 5.74) is 4.27. The van der Waals surface area contributed by atoms with Crippen LogP contribution in [0.1, 0.15) is 12.5 Å². The quantitative estimate of drug-likeness (QED) is 0.747. The van der Waals surface area contributed by atoms with Gasteiger partial charge in [-0.1, -0.05) is 18.2 Å². The van der Waals surface area contributed by atoms with Gasteiger partial charge in [-0.25, -0.2) is 4.98 Å². The van der Waals surface area contributed by atoms with Crippen molar-refractivity contribution in [3.8, 4) is 17.0 Å². The Balaban J connectivity index is 2.09. The zero-order chi connectivity index (χ0) is 17.8. The Labute approximate surface area is 146 Å². The molecular weight excluding hydrogens is 316 g/mol. The third kappa shape index (κ3) is 3.78. The number of rotatable bonds is 5. The summed E-state index contributed by atoms with van der Waals surface area (Å²) in [5, 5.41) is 12.8. The first-order chi connectivity index (χ1) is 12.1. The summed E-state index contributed by atoms with van der Waals surface area (Å²) in [4.78, 5) is 16.0. The molecule has 5 heteroatoms. The average Bonchev–Trinajstić information content (AvgIpc) is 2.59. The van der Waals surface area contributed by atoms with Gasteiger partial charge in [0, 0.05) is 23.6 Å². The van der Waals surface area contributed by atoms with Gasteiger partial charge in [0.2, 0.25) is 5.91 Å². The molecule has 1 amide bonds. The second kappa shape index (κ2) is 7.32. The number of pyridine rings is 1. The second-order valence-corrected chi connectivity index (χ2v) is 5.81. The van der Waals surface area contributed by atoms with Gasteiger partial charge in [0.1, 0.15) is 12.4 Å². The maximum atomic E-state index is 11.3. The van der Waals surface area contributed by atoms with Crippen LogP contribution in [0.2, 0.25) is 0 Å². The first-order valence-corrected chi connectivity index (χ1v) is 8.10. The van der Waals surface area contributed by atoms with E-state index in [-0.39, 0.29) is 19.1 Å². The van der Waals surface area contributed by atoms with E-state index >= 15 is 0 Å². The first-order valence-electron chi connectivity index (χ1n) is 8.10. The number of para-hydroxylation sites is 1. The third-order valence-electron chi connectivity index (χ3n) is 3.85. The van der Waals surface area contributed by atoms with Gasteiger partial charge >= 0.3 is 0 Å². The first kappa shape index (κ1) is 16.9. The van der Waals surface area contributed by atoms with Crippen molar-refractivity contribution < 1.29 is 14.6 Å². The van der Waals surface area contributed by atoms with E-state index in [2.05, 4.69) is 5.32 Å². The molecule has 128 valence electrons. The Morgan fingerprint density at radius 3 is 2.76 bits per heavy atom. The summed E-state index contributed by atoms with van der Waals surface area (Å²) >= 11 is 0. The molecular formula is C20H20N2O3. The summed E-state index contributed by atoms with van der Waals surface area (Å²) in [6.45, 7) is 3.70. The van der Waals surface area contributed by atoms with E-state index in [1.54, 1.807) is 0 Å². The molecule has 0 aliphatic heterocycles. The van der Waals surface area contributed by atoms with Crippen molar-refractivity contribution in [2.75, 3.05) is 18.5 Å². The number of carbonyl (C=O) groups is 1. The molecule has 1 aromatic heterocycles. The predicted molar refractivity (Wildman–Crippen MR) is 98.8 cm³/mol. The summed E-state index contributed by atoms with van der Waals surface area (Å²) in [7, 11) is 0. The van der Waals surface area contributed by atoms with Crippen LogP contribution in [-0.2, 0) is 4.79 Å². The predicted octanol–water partition coefficient (Wildman–Crippen LogP) is 3.54. The van der Waals surface area contributed by atoms with Gasteiger partial charge in [-0.15, -0.1) is 0 Å². The number of fused-ring (bicyclic) bond motifs is 1. The molecule has 2 aromatic carbocycles. The van der Waals surface area contributed by atoms with Crippen LogP contribution in [0.4, 0.5) is 5.69 Å².